The highest BCUT2D eigenvalue weighted by Gasteiger charge is 2.67. The van der Waals surface area contributed by atoms with Crippen molar-refractivity contribution in [3.63, 3.8) is 0 Å². The molecule has 2 unspecified atom stereocenters. The van der Waals surface area contributed by atoms with Crippen LogP contribution in [0.25, 0.3) is 0 Å². The minimum absolute atomic E-state index is 0.102. The van der Waals surface area contributed by atoms with Crippen LogP contribution in [0.3, 0.4) is 0 Å². The number of carboxylic acid groups (broad SMARTS) is 2. The third-order valence-electron chi connectivity index (χ3n) is 2.82. The maximum Gasteiger partial charge on any atom is 0.318 e. The zero-order chi connectivity index (χ0) is 11.2. The number of carboxylic acids is 2. The average molecular weight is 210 g/mol. The molecule has 5 nitrogen and oxygen atoms in total. The second kappa shape index (κ2) is 2.85. The van der Waals surface area contributed by atoms with Gasteiger partial charge in [0, 0.05) is 0 Å². The van der Waals surface area contributed by atoms with E-state index in [9.17, 15) is 9.59 Å². The van der Waals surface area contributed by atoms with Crippen LogP contribution < -0.4 is 0 Å². The van der Waals surface area contributed by atoms with E-state index in [0.717, 1.165) is 0 Å². The molecule has 2 N–H and O–H groups in total. The molecule has 80 valence electrons. The Labute approximate surface area is 85.3 Å². The molecule has 0 amide bonds. The Morgan fingerprint density at radius 2 is 2.13 bits per heavy atom. The van der Waals surface area contributed by atoms with Crippen molar-refractivity contribution in [2.45, 2.75) is 18.8 Å². The summed E-state index contributed by atoms with van der Waals surface area (Å²) in [6.45, 7) is 1.69. The van der Waals surface area contributed by atoms with E-state index in [1.165, 1.54) is 6.07 Å². The van der Waals surface area contributed by atoms with E-state index >= 15 is 0 Å². The molecule has 0 saturated heterocycles. The second-order valence-electron chi connectivity index (χ2n) is 3.78. The van der Waals surface area contributed by atoms with Gasteiger partial charge in [0.1, 0.15) is 16.9 Å². The SMILES string of the molecule is Cc1ccc(C2(C(=O)O)CC2C(=O)O)o1. The fraction of sp³-hybridized carbons (Fsp3) is 0.400. The van der Waals surface area contributed by atoms with Gasteiger partial charge >= 0.3 is 11.9 Å². The fourth-order valence-corrected chi connectivity index (χ4v) is 1.85. The normalized spacial score (nSPS) is 28.7. The molecular weight excluding hydrogens is 200 g/mol. The Balaban J connectivity index is 2.39. The van der Waals surface area contributed by atoms with Crippen LogP contribution in [0.15, 0.2) is 16.5 Å². The zero-order valence-corrected chi connectivity index (χ0v) is 8.06. The van der Waals surface area contributed by atoms with Crippen molar-refractivity contribution in [3.05, 3.63) is 23.7 Å². The number of furan rings is 1. The summed E-state index contributed by atoms with van der Waals surface area (Å²) in [5.74, 6) is -2.28. The third kappa shape index (κ3) is 1.23. The summed E-state index contributed by atoms with van der Waals surface area (Å²) in [7, 11) is 0. The largest absolute Gasteiger partial charge is 0.481 e. The van der Waals surface area contributed by atoms with Crippen molar-refractivity contribution in [1.29, 1.82) is 0 Å². The standard InChI is InChI=1S/C10H10O5/c1-5-2-3-7(15-5)10(9(13)14)4-6(10)8(11)12/h2-3,6H,4H2,1H3,(H,11,12)(H,13,14). The third-order valence-corrected chi connectivity index (χ3v) is 2.82. The topological polar surface area (TPSA) is 87.7 Å². The highest BCUT2D eigenvalue weighted by molar-refractivity contribution is 5.94. The van der Waals surface area contributed by atoms with E-state index in [1.807, 2.05) is 0 Å². The van der Waals surface area contributed by atoms with Crippen molar-refractivity contribution in [3.8, 4) is 0 Å². The van der Waals surface area contributed by atoms with Crippen LogP contribution in [0.5, 0.6) is 0 Å². The van der Waals surface area contributed by atoms with Gasteiger partial charge in [0.15, 0.2) is 0 Å². The van der Waals surface area contributed by atoms with E-state index in [-0.39, 0.29) is 12.2 Å². The molecule has 1 aromatic rings. The monoisotopic (exact) mass is 210 g/mol. The Morgan fingerprint density at radius 3 is 2.47 bits per heavy atom. The second-order valence-corrected chi connectivity index (χ2v) is 3.78. The molecule has 1 aliphatic carbocycles. The van der Waals surface area contributed by atoms with Crippen molar-refractivity contribution in [2.24, 2.45) is 5.92 Å². The van der Waals surface area contributed by atoms with E-state index < -0.39 is 23.3 Å². The quantitative estimate of drug-likeness (QED) is 0.777. The van der Waals surface area contributed by atoms with Crippen LogP contribution in [-0.2, 0) is 15.0 Å². The molecule has 15 heavy (non-hydrogen) atoms. The number of carbonyl (C=O) groups is 2. The van der Waals surface area contributed by atoms with E-state index in [1.54, 1.807) is 13.0 Å². The first-order valence-electron chi connectivity index (χ1n) is 4.51. The van der Waals surface area contributed by atoms with Crippen molar-refractivity contribution in [2.75, 3.05) is 0 Å². The van der Waals surface area contributed by atoms with Gasteiger partial charge in [-0.15, -0.1) is 0 Å². The van der Waals surface area contributed by atoms with Crippen molar-refractivity contribution < 1.29 is 24.2 Å². The van der Waals surface area contributed by atoms with Crippen LogP contribution in [0.4, 0.5) is 0 Å². The lowest BCUT2D eigenvalue weighted by Crippen LogP contribution is -2.24. The predicted molar refractivity (Wildman–Crippen MR) is 48.5 cm³/mol. The minimum atomic E-state index is -1.35. The van der Waals surface area contributed by atoms with E-state index in [4.69, 9.17) is 14.6 Å². The van der Waals surface area contributed by atoms with Gasteiger partial charge in [-0.2, -0.15) is 0 Å². The predicted octanol–water partition coefficient (Wildman–Crippen LogP) is 1.01. The molecule has 0 aliphatic heterocycles. The average Bonchev–Trinajstić information content (AvgIpc) is 2.78. The molecule has 1 aromatic heterocycles. The number of aliphatic carboxylic acids is 2. The van der Waals surface area contributed by atoms with Crippen LogP contribution in [0.1, 0.15) is 17.9 Å². The summed E-state index contributed by atoms with van der Waals surface area (Å²) in [4.78, 5) is 21.8. The van der Waals surface area contributed by atoms with Crippen molar-refractivity contribution >= 4 is 11.9 Å². The summed E-state index contributed by atoms with van der Waals surface area (Å²) in [5.41, 5.74) is -1.35. The Morgan fingerprint density at radius 1 is 1.47 bits per heavy atom. The first kappa shape index (κ1) is 9.76. The molecule has 5 heteroatoms. The molecule has 0 bridgehead atoms. The Kier molecular flexibility index (Phi) is 1.86. The smallest absolute Gasteiger partial charge is 0.318 e. The molecule has 1 fully saturated rings. The Hall–Kier alpha value is -1.78. The van der Waals surface area contributed by atoms with E-state index in [0.29, 0.717) is 5.76 Å². The van der Waals surface area contributed by atoms with Crippen molar-refractivity contribution in [1.82, 2.24) is 0 Å². The van der Waals surface area contributed by atoms with Gasteiger partial charge in [0.2, 0.25) is 0 Å². The van der Waals surface area contributed by atoms with Crippen LogP contribution in [-0.4, -0.2) is 22.2 Å². The molecule has 2 rings (SSSR count). The van der Waals surface area contributed by atoms with Gasteiger partial charge < -0.3 is 14.6 Å². The van der Waals surface area contributed by atoms with E-state index in [2.05, 4.69) is 0 Å². The molecule has 2 atom stereocenters. The molecule has 1 heterocycles. The van der Waals surface area contributed by atoms with Crippen LogP contribution in [0.2, 0.25) is 0 Å². The summed E-state index contributed by atoms with van der Waals surface area (Å²) in [6, 6.07) is 3.17. The molecule has 0 radical (unpaired) electrons. The van der Waals surface area contributed by atoms with Gasteiger partial charge in [-0.05, 0) is 25.5 Å². The lowest BCUT2D eigenvalue weighted by atomic mass is 10.0. The molecule has 0 aromatic carbocycles. The van der Waals surface area contributed by atoms with Gasteiger partial charge in [0.05, 0.1) is 5.92 Å². The summed E-state index contributed by atoms with van der Waals surface area (Å²) >= 11 is 0. The van der Waals surface area contributed by atoms with Gasteiger partial charge in [0.25, 0.3) is 0 Å². The zero-order valence-electron chi connectivity index (χ0n) is 8.06. The molecule has 1 aliphatic rings. The molecular formula is C10H10O5. The summed E-state index contributed by atoms with van der Waals surface area (Å²) < 4.78 is 5.21. The molecule has 0 spiro atoms. The van der Waals surface area contributed by atoms with Crippen LogP contribution in [0, 0.1) is 12.8 Å². The van der Waals surface area contributed by atoms with Crippen LogP contribution >= 0.6 is 0 Å². The maximum atomic E-state index is 11.1. The maximum absolute atomic E-state index is 11.1. The number of hydrogen-bond acceptors (Lipinski definition) is 3. The van der Waals surface area contributed by atoms with Gasteiger partial charge in [-0.25, -0.2) is 0 Å². The van der Waals surface area contributed by atoms with Gasteiger partial charge in [-0.1, -0.05) is 0 Å². The fourth-order valence-electron chi connectivity index (χ4n) is 1.85. The number of rotatable bonds is 3. The first-order valence-corrected chi connectivity index (χ1v) is 4.51. The Bertz CT molecular complexity index is 433. The minimum Gasteiger partial charge on any atom is -0.481 e. The van der Waals surface area contributed by atoms with Gasteiger partial charge in [-0.3, -0.25) is 9.59 Å². The summed E-state index contributed by atoms with van der Waals surface area (Å²) in [5, 5.41) is 17.9. The highest BCUT2D eigenvalue weighted by Crippen LogP contribution is 2.55. The number of aryl methyl sites for hydroxylation is 1. The number of hydrogen-bond donors (Lipinski definition) is 2. The molecule has 1 saturated carbocycles. The highest BCUT2D eigenvalue weighted by atomic mass is 16.4. The lowest BCUT2D eigenvalue weighted by Gasteiger charge is -2.06. The lowest BCUT2D eigenvalue weighted by molar-refractivity contribution is -0.146. The summed E-state index contributed by atoms with van der Waals surface area (Å²) in [6.07, 6.45) is 0.102. The first-order chi connectivity index (χ1) is 6.98.